The molecule has 160 valence electrons. The highest BCUT2D eigenvalue weighted by molar-refractivity contribution is 7.59. The van der Waals surface area contributed by atoms with Gasteiger partial charge in [0, 0.05) is 5.92 Å². The van der Waals surface area contributed by atoms with Crippen molar-refractivity contribution in [3.8, 4) is 0 Å². The lowest BCUT2D eigenvalue weighted by atomic mass is 9.81. The van der Waals surface area contributed by atoms with Crippen molar-refractivity contribution in [2.24, 2.45) is 5.92 Å². The fraction of sp³-hybridized carbons (Fsp3) is 0.520. The Morgan fingerprint density at radius 3 is 2.27 bits per heavy atom. The van der Waals surface area contributed by atoms with Crippen LogP contribution in [0.4, 0.5) is 0 Å². The second kappa shape index (κ2) is 8.24. The van der Waals surface area contributed by atoms with Crippen LogP contribution in [0.25, 0.3) is 0 Å². The van der Waals surface area contributed by atoms with Gasteiger partial charge in [-0.2, -0.15) is 0 Å². The van der Waals surface area contributed by atoms with Crippen LogP contribution in [0.5, 0.6) is 0 Å². The van der Waals surface area contributed by atoms with E-state index in [-0.39, 0.29) is 11.8 Å². The Bertz CT molecular complexity index is 899. The quantitative estimate of drug-likeness (QED) is 0.522. The normalized spacial score (nSPS) is 34.8. The predicted molar refractivity (Wildman–Crippen MR) is 120 cm³/mol. The third-order valence-electron chi connectivity index (χ3n) is 7.22. The van der Waals surface area contributed by atoms with Crippen LogP contribution < -0.4 is 0 Å². The molecule has 0 spiro atoms. The van der Waals surface area contributed by atoms with Crippen LogP contribution >= 0.6 is 7.37 Å². The molecule has 4 nitrogen and oxygen atoms in total. The van der Waals surface area contributed by atoms with Crippen LogP contribution in [0, 0.1) is 5.92 Å². The lowest BCUT2D eigenvalue weighted by Crippen LogP contribution is -2.50. The average molecular weight is 426 g/mol. The molecule has 30 heavy (non-hydrogen) atoms. The largest absolute Gasteiger partial charge is 0.357 e. The van der Waals surface area contributed by atoms with Gasteiger partial charge in [0.25, 0.3) is 0 Å². The van der Waals surface area contributed by atoms with Crippen LogP contribution in [0.3, 0.4) is 0 Å². The molecule has 3 aliphatic rings. The van der Waals surface area contributed by atoms with E-state index in [1.54, 1.807) is 0 Å². The molecule has 2 aliphatic heterocycles. The van der Waals surface area contributed by atoms with E-state index in [1.807, 2.05) is 25.1 Å². The minimum absolute atomic E-state index is 0.0922. The highest BCUT2D eigenvalue weighted by atomic mass is 31.2. The van der Waals surface area contributed by atoms with Crippen molar-refractivity contribution in [2.75, 3.05) is 19.4 Å². The smallest absolute Gasteiger partial charge is 0.228 e. The van der Waals surface area contributed by atoms with Gasteiger partial charge in [0.1, 0.15) is 11.5 Å². The summed E-state index contributed by atoms with van der Waals surface area (Å²) in [6.45, 7) is 3.06. The molecule has 4 atom stereocenters. The van der Waals surface area contributed by atoms with Gasteiger partial charge in [-0.1, -0.05) is 79.9 Å². The van der Waals surface area contributed by atoms with E-state index in [1.165, 1.54) is 24.8 Å². The molecular formula is C25H32NO3P. The molecule has 3 fully saturated rings. The molecule has 0 radical (unpaired) electrons. The fourth-order valence-electron chi connectivity index (χ4n) is 6.03. The van der Waals surface area contributed by atoms with Gasteiger partial charge in [-0.3, -0.25) is 4.57 Å². The van der Waals surface area contributed by atoms with Crippen LogP contribution in [-0.4, -0.2) is 30.0 Å². The number of fused-ring (bicyclic) bond motifs is 1. The van der Waals surface area contributed by atoms with Gasteiger partial charge in [-0.25, -0.2) is 4.90 Å². The molecule has 2 heterocycles. The van der Waals surface area contributed by atoms with Crippen LogP contribution in [0.15, 0.2) is 60.7 Å². The Labute approximate surface area is 180 Å². The molecule has 0 bridgehead atoms. The summed E-state index contributed by atoms with van der Waals surface area (Å²) in [5.74, 6) is 0.149. The Morgan fingerprint density at radius 1 is 1.00 bits per heavy atom. The van der Waals surface area contributed by atoms with Crippen LogP contribution in [0.1, 0.15) is 62.0 Å². The minimum Gasteiger partial charge on any atom is -0.357 e. The number of benzene rings is 2. The van der Waals surface area contributed by atoms with Gasteiger partial charge >= 0.3 is 0 Å². The van der Waals surface area contributed by atoms with Gasteiger partial charge in [0.15, 0.2) is 0 Å². The molecule has 1 saturated carbocycles. The Balaban J connectivity index is 1.66. The van der Waals surface area contributed by atoms with E-state index < -0.39 is 13.1 Å². The number of nitrogens with zero attached hydrogens (tertiary/aromatic N) is 1. The zero-order valence-corrected chi connectivity index (χ0v) is 18.7. The summed E-state index contributed by atoms with van der Waals surface area (Å²) in [6, 6.07) is 21.0. The molecule has 5 rings (SSSR count). The number of rotatable bonds is 5. The first-order chi connectivity index (χ1) is 14.7. The first kappa shape index (κ1) is 20.5. The second-order valence-corrected chi connectivity index (χ2v) is 11.4. The lowest BCUT2D eigenvalue weighted by Gasteiger charge is -2.42. The van der Waals surface area contributed by atoms with Gasteiger partial charge < -0.3 is 9.26 Å². The van der Waals surface area contributed by atoms with Crippen molar-refractivity contribution in [3.63, 3.8) is 0 Å². The van der Waals surface area contributed by atoms with Crippen molar-refractivity contribution in [2.45, 2.75) is 56.6 Å². The van der Waals surface area contributed by atoms with E-state index in [0.29, 0.717) is 25.3 Å². The molecule has 5 heteroatoms. The highest BCUT2D eigenvalue weighted by Gasteiger charge is 2.67. The maximum atomic E-state index is 14.4. The summed E-state index contributed by atoms with van der Waals surface area (Å²) in [5, 5.41) is 0. The number of ether oxygens (including phenoxy) is 1. The van der Waals surface area contributed by atoms with Crippen molar-refractivity contribution in [1.29, 1.82) is 0 Å². The molecule has 0 N–H and O–H groups in total. The molecule has 0 amide bonds. The van der Waals surface area contributed by atoms with E-state index in [0.717, 1.165) is 18.4 Å². The number of hydrogen-bond acceptors (Lipinski definition) is 4. The summed E-state index contributed by atoms with van der Waals surface area (Å²) in [5.41, 5.74) is 1.83. The summed E-state index contributed by atoms with van der Waals surface area (Å²) in [6.07, 6.45) is 6.54. The Hall–Kier alpha value is -1.45. The summed E-state index contributed by atoms with van der Waals surface area (Å²) < 4.78 is 27.3. The highest BCUT2D eigenvalue weighted by Crippen LogP contribution is 2.74. The van der Waals surface area contributed by atoms with Crippen molar-refractivity contribution >= 4 is 7.37 Å². The third kappa shape index (κ3) is 3.29. The molecular weight excluding hydrogens is 393 g/mol. The molecule has 0 aromatic heterocycles. The Kier molecular flexibility index (Phi) is 5.62. The Morgan fingerprint density at radius 2 is 1.63 bits per heavy atom. The van der Waals surface area contributed by atoms with E-state index in [2.05, 4.69) is 47.4 Å². The lowest BCUT2D eigenvalue weighted by molar-refractivity contribution is -0.115. The van der Waals surface area contributed by atoms with Gasteiger partial charge in [0.05, 0.1) is 25.4 Å². The molecule has 2 saturated heterocycles. The van der Waals surface area contributed by atoms with Crippen LogP contribution in [0.2, 0.25) is 0 Å². The van der Waals surface area contributed by atoms with Gasteiger partial charge in [0.2, 0.25) is 7.37 Å². The average Bonchev–Trinajstić information content (AvgIpc) is 3.27. The molecule has 1 aliphatic carbocycles. The topological polar surface area (TPSA) is 38.8 Å². The second-order valence-electron chi connectivity index (χ2n) is 8.91. The minimum atomic E-state index is -2.97. The van der Waals surface area contributed by atoms with Crippen LogP contribution in [-0.2, 0) is 13.8 Å². The standard InChI is InChI=1S/C25H32NO3P/c1-2-29-30(27)19-25(22-16-10-5-11-17-22)26(24(30)21-14-8-4-9-15-21)23(18-28-25)20-12-6-3-7-13-20/h3-4,6-9,12-15,22-24H,2,5,10-11,16-19H2,1H3/t23-,24?,25?,30?/m1/s1. The zero-order valence-electron chi connectivity index (χ0n) is 17.8. The molecule has 2 aromatic rings. The summed E-state index contributed by atoms with van der Waals surface area (Å²) in [4.78, 5) is 2.48. The monoisotopic (exact) mass is 425 g/mol. The molecule has 3 unspecified atom stereocenters. The first-order valence-electron chi connectivity index (χ1n) is 11.4. The van der Waals surface area contributed by atoms with Crippen molar-refractivity contribution in [3.05, 3.63) is 71.8 Å². The third-order valence-corrected chi connectivity index (χ3v) is 10.1. The van der Waals surface area contributed by atoms with E-state index >= 15 is 0 Å². The van der Waals surface area contributed by atoms with Gasteiger partial charge in [-0.15, -0.1) is 0 Å². The first-order valence-corrected chi connectivity index (χ1v) is 13.3. The predicted octanol–water partition coefficient (Wildman–Crippen LogP) is 6.36. The van der Waals surface area contributed by atoms with E-state index in [4.69, 9.17) is 9.26 Å². The summed E-state index contributed by atoms with van der Waals surface area (Å²) in [7, 11) is -2.97. The zero-order chi connectivity index (χ0) is 20.6. The van der Waals surface area contributed by atoms with E-state index in [9.17, 15) is 4.57 Å². The van der Waals surface area contributed by atoms with Gasteiger partial charge in [-0.05, 0) is 30.9 Å². The maximum absolute atomic E-state index is 14.4. The number of hydrogen-bond donors (Lipinski definition) is 0. The fourth-order valence-corrected chi connectivity index (χ4v) is 9.38. The molecule has 2 aromatic carbocycles. The van der Waals surface area contributed by atoms with Crippen molar-refractivity contribution in [1.82, 2.24) is 4.90 Å². The SMILES string of the molecule is CCOP1(=O)CC2(C3CCCCC3)OC[C@H](c3ccccc3)N2C1c1ccccc1. The van der Waals surface area contributed by atoms with Crippen molar-refractivity contribution < 1.29 is 13.8 Å². The maximum Gasteiger partial charge on any atom is 0.228 e. The summed E-state index contributed by atoms with van der Waals surface area (Å²) >= 11 is 0.